The molecule has 0 aromatic rings. The van der Waals surface area contributed by atoms with E-state index in [0.717, 1.165) is 0 Å². The molecule has 11 heavy (non-hydrogen) atoms. The van der Waals surface area contributed by atoms with Gasteiger partial charge >= 0.3 is 5.97 Å². The van der Waals surface area contributed by atoms with Crippen LogP contribution in [0.25, 0.3) is 0 Å². The standard InChI is InChI=1S/C6H9NO2.C2H6/c7-4-5-2-1-3-6(8)9-5;1-2/h1-2,5H,3-4,7H2;1-2H3/t5-;/m1./s1. The van der Waals surface area contributed by atoms with E-state index < -0.39 is 0 Å². The Bertz CT molecular complexity index is 143. The Hall–Kier alpha value is -0.830. The molecule has 0 amide bonds. The molecule has 1 aliphatic heterocycles. The highest BCUT2D eigenvalue weighted by molar-refractivity contribution is 5.72. The van der Waals surface area contributed by atoms with Crippen LogP contribution in [0.2, 0.25) is 0 Å². The number of ether oxygens (including phenoxy) is 1. The van der Waals surface area contributed by atoms with Crippen LogP contribution in [0.1, 0.15) is 20.3 Å². The van der Waals surface area contributed by atoms with Crippen molar-refractivity contribution in [2.24, 2.45) is 5.73 Å². The minimum absolute atomic E-state index is 0.187. The second-order valence-electron chi connectivity index (χ2n) is 1.90. The van der Waals surface area contributed by atoms with E-state index in [1.807, 2.05) is 13.8 Å². The molecule has 3 nitrogen and oxygen atoms in total. The monoisotopic (exact) mass is 157 g/mol. The molecular weight excluding hydrogens is 142 g/mol. The van der Waals surface area contributed by atoms with Crippen molar-refractivity contribution in [1.82, 2.24) is 0 Å². The summed E-state index contributed by atoms with van der Waals surface area (Å²) in [7, 11) is 0. The van der Waals surface area contributed by atoms with Crippen LogP contribution in [0.15, 0.2) is 12.2 Å². The van der Waals surface area contributed by atoms with Gasteiger partial charge in [-0.05, 0) is 6.08 Å². The molecule has 2 N–H and O–H groups in total. The van der Waals surface area contributed by atoms with Crippen molar-refractivity contribution in [2.45, 2.75) is 26.4 Å². The van der Waals surface area contributed by atoms with Crippen LogP contribution in [-0.4, -0.2) is 18.6 Å². The van der Waals surface area contributed by atoms with Crippen molar-refractivity contribution >= 4 is 5.97 Å². The van der Waals surface area contributed by atoms with Crippen molar-refractivity contribution in [2.75, 3.05) is 6.54 Å². The van der Waals surface area contributed by atoms with E-state index in [1.165, 1.54) is 0 Å². The Labute approximate surface area is 67.2 Å². The first-order valence-electron chi connectivity index (χ1n) is 3.89. The van der Waals surface area contributed by atoms with Crippen molar-refractivity contribution in [1.29, 1.82) is 0 Å². The highest BCUT2D eigenvalue weighted by Crippen LogP contribution is 2.03. The predicted molar refractivity (Wildman–Crippen MR) is 44.0 cm³/mol. The summed E-state index contributed by atoms with van der Waals surface area (Å²) in [6, 6.07) is 0. The average Bonchev–Trinajstić information content (AvgIpc) is 2.08. The molecule has 0 aromatic heterocycles. The van der Waals surface area contributed by atoms with E-state index in [9.17, 15) is 4.79 Å². The maximum atomic E-state index is 10.5. The second kappa shape index (κ2) is 5.92. The summed E-state index contributed by atoms with van der Waals surface area (Å²) in [4.78, 5) is 10.5. The molecule has 0 spiro atoms. The van der Waals surface area contributed by atoms with E-state index >= 15 is 0 Å². The molecule has 0 radical (unpaired) electrons. The van der Waals surface area contributed by atoms with Gasteiger partial charge < -0.3 is 10.5 Å². The highest BCUT2D eigenvalue weighted by Gasteiger charge is 2.12. The Morgan fingerprint density at radius 2 is 2.36 bits per heavy atom. The molecular formula is C8H15NO2. The molecule has 0 fully saturated rings. The number of nitrogens with two attached hydrogens (primary N) is 1. The van der Waals surface area contributed by atoms with Crippen LogP contribution in [0, 0.1) is 0 Å². The van der Waals surface area contributed by atoms with E-state index in [0.29, 0.717) is 13.0 Å². The molecule has 1 atom stereocenters. The van der Waals surface area contributed by atoms with E-state index in [-0.39, 0.29) is 12.1 Å². The SMILES string of the molecule is CC.NC[C@H]1C=CCC(=O)O1. The zero-order valence-electron chi connectivity index (χ0n) is 7.04. The van der Waals surface area contributed by atoms with E-state index in [1.54, 1.807) is 12.2 Å². The molecule has 64 valence electrons. The van der Waals surface area contributed by atoms with Crippen LogP contribution in [0.5, 0.6) is 0 Å². The van der Waals surface area contributed by atoms with Crippen molar-refractivity contribution < 1.29 is 9.53 Å². The van der Waals surface area contributed by atoms with E-state index in [4.69, 9.17) is 10.5 Å². The third-order valence-electron chi connectivity index (χ3n) is 1.15. The van der Waals surface area contributed by atoms with Gasteiger partial charge in [0, 0.05) is 6.54 Å². The first kappa shape index (κ1) is 10.2. The van der Waals surface area contributed by atoms with Crippen LogP contribution >= 0.6 is 0 Å². The first-order valence-corrected chi connectivity index (χ1v) is 3.89. The fraction of sp³-hybridized carbons (Fsp3) is 0.625. The van der Waals surface area contributed by atoms with Gasteiger partial charge in [0.1, 0.15) is 6.10 Å². The smallest absolute Gasteiger partial charge is 0.310 e. The molecule has 1 aliphatic rings. The number of cyclic esters (lactones) is 1. The first-order chi connectivity index (χ1) is 5.33. The summed E-state index contributed by atoms with van der Waals surface area (Å²) in [6.07, 6.45) is 3.78. The third kappa shape index (κ3) is 3.78. The van der Waals surface area contributed by atoms with Crippen LogP contribution in [-0.2, 0) is 9.53 Å². The summed E-state index contributed by atoms with van der Waals surface area (Å²) < 4.78 is 4.78. The van der Waals surface area contributed by atoms with Crippen LogP contribution in [0.4, 0.5) is 0 Å². The zero-order valence-corrected chi connectivity index (χ0v) is 7.04. The van der Waals surface area contributed by atoms with Gasteiger partial charge in [-0.15, -0.1) is 0 Å². The Morgan fingerprint density at radius 3 is 2.73 bits per heavy atom. The molecule has 0 unspecified atom stereocenters. The van der Waals surface area contributed by atoms with Gasteiger partial charge in [-0.3, -0.25) is 4.79 Å². The summed E-state index contributed by atoms with van der Waals surface area (Å²) in [5.41, 5.74) is 5.24. The Kier molecular flexibility index (Phi) is 5.47. The van der Waals surface area contributed by atoms with Gasteiger partial charge in [-0.1, -0.05) is 19.9 Å². The second-order valence-corrected chi connectivity index (χ2v) is 1.90. The lowest BCUT2D eigenvalue weighted by Gasteiger charge is -2.14. The van der Waals surface area contributed by atoms with Gasteiger partial charge in [0.2, 0.25) is 0 Å². The normalized spacial score (nSPS) is 21.7. The average molecular weight is 157 g/mol. The van der Waals surface area contributed by atoms with Gasteiger partial charge in [0.25, 0.3) is 0 Å². The lowest BCUT2D eigenvalue weighted by Crippen LogP contribution is -2.26. The number of carbonyl (C=O) groups excluding carboxylic acids is 1. The number of hydrogen-bond acceptors (Lipinski definition) is 3. The van der Waals surface area contributed by atoms with Crippen molar-refractivity contribution in [3.63, 3.8) is 0 Å². The number of hydrogen-bond donors (Lipinski definition) is 1. The van der Waals surface area contributed by atoms with Crippen molar-refractivity contribution in [3.8, 4) is 0 Å². The lowest BCUT2D eigenvalue weighted by atomic mass is 10.2. The van der Waals surface area contributed by atoms with Crippen LogP contribution < -0.4 is 5.73 Å². The summed E-state index contributed by atoms with van der Waals surface area (Å²) >= 11 is 0. The largest absolute Gasteiger partial charge is 0.457 e. The number of rotatable bonds is 1. The predicted octanol–water partition coefficient (Wildman–Crippen LogP) is 0.843. The molecule has 1 rings (SSSR count). The van der Waals surface area contributed by atoms with Gasteiger partial charge in [-0.25, -0.2) is 0 Å². The fourth-order valence-electron chi connectivity index (χ4n) is 0.699. The number of carbonyl (C=O) groups is 1. The minimum Gasteiger partial charge on any atom is -0.457 e. The molecule has 0 saturated carbocycles. The summed E-state index contributed by atoms with van der Waals surface area (Å²) in [5.74, 6) is -0.187. The molecule has 0 saturated heterocycles. The topological polar surface area (TPSA) is 52.3 Å². The van der Waals surface area contributed by atoms with Crippen LogP contribution in [0.3, 0.4) is 0 Å². The van der Waals surface area contributed by atoms with Gasteiger partial charge in [-0.2, -0.15) is 0 Å². The quantitative estimate of drug-likeness (QED) is 0.453. The number of esters is 1. The maximum Gasteiger partial charge on any atom is 0.310 e. The Balaban J connectivity index is 0.000000461. The fourth-order valence-corrected chi connectivity index (χ4v) is 0.699. The highest BCUT2D eigenvalue weighted by atomic mass is 16.5. The molecule has 0 bridgehead atoms. The van der Waals surface area contributed by atoms with Gasteiger partial charge in [0.15, 0.2) is 0 Å². The van der Waals surface area contributed by atoms with E-state index in [2.05, 4.69) is 0 Å². The summed E-state index contributed by atoms with van der Waals surface area (Å²) in [6.45, 7) is 4.38. The molecule has 0 aromatic carbocycles. The lowest BCUT2D eigenvalue weighted by molar-refractivity contribution is -0.146. The zero-order chi connectivity index (χ0) is 8.69. The molecule has 1 heterocycles. The minimum atomic E-state index is -0.189. The maximum absolute atomic E-state index is 10.5. The van der Waals surface area contributed by atoms with Crippen molar-refractivity contribution in [3.05, 3.63) is 12.2 Å². The molecule has 3 heteroatoms. The van der Waals surface area contributed by atoms with Gasteiger partial charge in [0.05, 0.1) is 6.42 Å². The summed E-state index contributed by atoms with van der Waals surface area (Å²) in [5, 5.41) is 0. The molecule has 0 aliphatic carbocycles. The third-order valence-corrected chi connectivity index (χ3v) is 1.15. The Morgan fingerprint density at radius 1 is 1.73 bits per heavy atom.